The molecular formula is C16H27NO. The Morgan fingerprint density at radius 2 is 1.83 bits per heavy atom. The molecule has 0 bridgehead atoms. The first kappa shape index (κ1) is 15.0. The van der Waals surface area contributed by atoms with Crippen LogP contribution in [0.15, 0.2) is 18.2 Å². The number of hydrogen-bond donors (Lipinski definition) is 2. The molecule has 1 rings (SSSR count). The van der Waals surface area contributed by atoms with Crippen LogP contribution < -0.4 is 5.32 Å². The van der Waals surface area contributed by atoms with Crippen LogP contribution in [0.5, 0.6) is 0 Å². The summed E-state index contributed by atoms with van der Waals surface area (Å²) >= 11 is 0. The van der Waals surface area contributed by atoms with Crippen molar-refractivity contribution in [3.05, 3.63) is 29.3 Å². The van der Waals surface area contributed by atoms with E-state index < -0.39 is 0 Å². The van der Waals surface area contributed by atoms with Crippen molar-refractivity contribution in [1.82, 2.24) is 0 Å². The van der Waals surface area contributed by atoms with Crippen molar-refractivity contribution in [3.63, 3.8) is 0 Å². The molecule has 0 aromatic heterocycles. The van der Waals surface area contributed by atoms with Crippen LogP contribution in [0, 0.1) is 18.8 Å². The molecule has 0 fully saturated rings. The fraction of sp³-hybridized carbons (Fsp3) is 0.625. The van der Waals surface area contributed by atoms with Crippen LogP contribution >= 0.6 is 0 Å². The van der Waals surface area contributed by atoms with Crippen LogP contribution in [-0.4, -0.2) is 18.3 Å². The highest BCUT2D eigenvalue weighted by Gasteiger charge is 2.14. The predicted octanol–water partition coefficient (Wildman–Crippen LogP) is 3.79. The standard InChI is InChI=1S/C16H27NO/c1-11(2)14(10-18)9-17-16-13(5)7-6-8-15(16)12(3)4/h6-8,11-12,14,17-18H,9-10H2,1-5H3. The number of nitrogens with one attached hydrogen (secondary N) is 1. The molecule has 0 spiro atoms. The van der Waals surface area contributed by atoms with Gasteiger partial charge in [0.1, 0.15) is 0 Å². The van der Waals surface area contributed by atoms with E-state index in [4.69, 9.17) is 0 Å². The molecule has 2 nitrogen and oxygen atoms in total. The number of aryl methyl sites for hydroxylation is 1. The molecule has 0 heterocycles. The Morgan fingerprint density at radius 1 is 1.17 bits per heavy atom. The summed E-state index contributed by atoms with van der Waals surface area (Å²) in [6.45, 7) is 12.0. The van der Waals surface area contributed by atoms with Gasteiger partial charge in [0.25, 0.3) is 0 Å². The highest BCUT2D eigenvalue weighted by atomic mass is 16.3. The van der Waals surface area contributed by atoms with E-state index in [1.54, 1.807) is 0 Å². The smallest absolute Gasteiger partial charge is 0.0478 e. The van der Waals surface area contributed by atoms with Crippen LogP contribution in [0.2, 0.25) is 0 Å². The second-order valence-corrected chi connectivity index (χ2v) is 5.76. The molecular weight excluding hydrogens is 222 g/mol. The van der Waals surface area contributed by atoms with Gasteiger partial charge in [-0.3, -0.25) is 0 Å². The van der Waals surface area contributed by atoms with E-state index in [0.717, 1.165) is 6.54 Å². The molecule has 0 aliphatic carbocycles. The third-order valence-corrected chi connectivity index (χ3v) is 3.65. The number of rotatable bonds is 6. The first-order valence-electron chi connectivity index (χ1n) is 6.91. The molecule has 0 saturated heterocycles. The van der Waals surface area contributed by atoms with Crippen LogP contribution in [0.4, 0.5) is 5.69 Å². The van der Waals surface area contributed by atoms with Crippen molar-refractivity contribution < 1.29 is 5.11 Å². The van der Waals surface area contributed by atoms with Crippen molar-refractivity contribution in [2.45, 2.75) is 40.5 Å². The van der Waals surface area contributed by atoms with Gasteiger partial charge in [0.2, 0.25) is 0 Å². The molecule has 0 amide bonds. The lowest BCUT2D eigenvalue weighted by molar-refractivity contribution is 0.198. The van der Waals surface area contributed by atoms with Gasteiger partial charge in [-0.1, -0.05) is 45.9 Å². The van der Waals surface area contributed by atoms with E-state index in [2.05, 4.69) is 58.1 Å². The second-order valence-electron chi connectivity index (χ2n) is 5.76. The van der Waals surface area contributed by atoms with E-state index in [1.165, 1.54) is 16.8 Å². The summed E-state index contributed by atoms with van der Waals surface area (Å²) in [6, 6.07) is 6.43. The lowest BCUT2D eigenvalue weighted by atomic mass is 9.95. The largest absolute Gasteiger partial charge is 0.396 e. The summed E-state index contributed by atoms with van der Waals surface area (Å²) in [5.41, 5.74) is 3.88. The summed E-state index contributed by atoms with van der Waals surface area (Å²) in [7, 11) is 0. The molecule has 1 aromatic carbocycles. The Hall–Kier alpha value is -1.02. The average molecular weight is 249 g/mol. The quantitative estimate of drug-likeness (QED) is 0.804. The third-order valence-electron chi connectivity index (χ3n) is 3.65. The molecule has 1 atom stereocenters. The van der Waals surface area contributed by atoms with Gasteiger partial charge in [0.05, 0.1) is 0 Å². The minimum Gasteiger partial charge on any atom is -0.396 e. The molecule has 18 heavy (non-hydrogen) atoms. The van der Waals surface area contributed by atoms with E-state index in [-0.39, 0.29) is 6.61 Å². The lowest BCUT2D eigenvalue weighted by Gasteiger charge is -2.23. The molecule has 0 aliphatic heterocycles. The zero-order chi connectivity index (χ0) is 13.7. The van der Waals surface area contributed by atoms with E-state index >= 15 is 0 Å². The molecule has 2 heteroatoms. The maximum absolute atomic E-state index is 9.38. The second kappa shape index (κ2) is 6.79. The third kappa shape index (κ3) is 3.74. The fourth-order valence-corrected chi connectivity index (χ4v) is 2.16. The fourth-order valence-electron chi connectivity index (χ4n) is 2.16. The van der Waals surface area contributed by atoms with Gasteiger partial charge < -0.3 is 10.4 Å². The van der Waals surface area contributed by atoms with Gasteiger partial charge in [0.15, 0.2) is 0 Å². The number of anilines is 1. The van der Waals surface area contributed by atoms with E-state index in [9.17, 15) is 5.11 Å². The minimum absolute atomic E-state index is 0.244. The summed E-state index contributed by atoms with van der Waals surface area (Å²) in [5.74, 6) is 1.32. The number of para-hydroxylation sites is 1. The molecule has 102 valence electrons. The zero-order valence-electron chi connectivity index (χ0n) is 12.3. The Balaban J connectivity index is 2.83. The zero-order valence-corrected chi connectivity index (χ0v) is 12.3. The molecule has 2 N–H and O–H groups in total. The molecule has 0 saturated carbocycles. The summed E-state index contributed by atoms with van der Waals surface area (Å²) in [5, 5.41) is 12.9. The van der Waals surface area contributed by atoms with Crippen LogP contribution in [0.25, 0.3) is 0 Å². The van der Waals surface area contributed by atoms with Gasteiger partial charge in [-0.05, 0) is 29.9 Å². The predicted molar refractivity (Wildman–Crippen MR) is 79.2 cm³/mol. The van der Waals surface area contributed by atoms with Gasteiger partial charge in [0, 0.05) is 24.8 Å². The van der Waals surface area contributed by atoms with Crippen molar-refractivity contribution in [1.29, 1.82) is 0 Å². The molecule has 0 aliphatic rings. The van der Waals surface area contributed by atoms with Crippen molar-refractivity contribution in [2.75, 3.05) is 18.5 Å². The van der Waals surface area contributed by atoms with Crippen molar-refractivity contribution in [2.24, 2.45) is 11.8 Å². The van der Waals surface area contributed by atoms with Crippen LogP contribution in [-0.2, 0) is 0 Å². The Bertz CT molecular complexity index is 371. The number of benzene rings is 1. The van der Waals surface area contributed by atoms with Gasteiger partial charge >= 0.3 is 0 Å². The highest BCUT2D eigenvalue weighted by molar-refractivity contribution is 5.58. The monoisotopic (exact) mass is 249 g/mol. The van der Waals surface area contributed by atoms with Crippen molar-refractivity contribution >= 4 is 5.69 Å². The molecule has 1 unspecified atom stereocenters. The molecule has 1 aromatic rings. The minimum atomic E-state index is 0.244. The maximum Gasteiger partial charge on any atom is 0.0478 e. The summed E-state index contributed by atoms with van der Waals surface area (Å²) < 4.78 is 0. The first-order valence-corrected chi connectivity index (χ1v) is 6.91. The van der Waals surface area contributed by atoms with E-state index in [1.807, 2.05) is 0 Å². The number of hydrogen-bond acceptors (Lipinski definition) is 2. The Labute approximate surface area is 111 Å². The van der Waals surface area contributed by atoms with Crippen LogP contribution in [0.1, 0.15) is 44.7 Å². The van der Waals surface area contributed by atoms with E-state index in [0.29, 0.717) is 17.8 Å². The van der Waals surface area contributed by atoms with Gasteiger partial charge in [-0.15, -0.1) is 0 Å². The number of aliphatic hydroxyl groups is 1. The maximum atomic E-state index is 9.38. The SMILES string of the molecule is Cc1cccc(C(C)C)c1NCC(CO)C(C)C. The topological polar surface area (TPSA) is 32.3 Å². The Kier molecular flexibility index (Phi) is 5.67. The van der Waals surface area contributed by atoms with Crippen LogP contribution in [0.3, 0.4) is 0 Å². The highest BCUT2D eigenvalue weighted by Crippen LogP contribution is 2.27. The first-order chi connectivity index (χ1) is 8.47. The number of aliphatic hydroxyl groups excluding tert-OH is 1. The van der Waals surface area contributed by atoms with Gasteiger partial charge in [-0.2, -0.15) is 0 Å². The summed E-state index contributed by atoms with van der Waals surface area (Å²) in [4.78, 5) is 0. The lowest BCUT2D eigenvalue weighted by Crippen LogP contribution is -2.23. The molecule has 0 radical (unpaired) electrons. The Morgan fingerprint density at radius 3 is 2.33 bits per heavy atom. The van der Waals surface area contributed by atoms with Crippen molar-refractivity contribution in [3.8, 4) is 0 Å². The normalized spacial score (nSPS) is 13.1. The average Bonchev–Trinajstić information content (AvgIpc) is 2.30. The summed E-state index contributed by atoms with van der Waals surface area (Å²) in [6.07, 6.45) is 0. The van der Waals surface area contributed by atoms with Gasteiger partial charge in [-0.25, -0.2) is 0 Å².